The Morgan fingerprint density at radius 2 is 1.40 bits per heavy atom. The molecule has 5 aromatic carbocycles. The van der Waals surface area contributed by atoms with Gasteiger partial charge in [0.15, 0.2) is 0 Å². The van der Waals surface area contributed by atoms with E-state index in [4.69, 9.17) is 4.99 Å². The smallest absolute Gasteiger partial charge is 0.134 e. The van der Waals surface area contributed by atoms with Gasteiger partial charge in [0.05, 0.1) is 16.6 Å². The van der Waals surface area contributed by atoms with Crippen molar-refractivity contribution in [1.29, 1.82) is 0 Å². The number of aromatic nitrogens is 1. The van der Waals surface area contributed by atoms with Crippen molar-refractivity contribution in [2.75, 3.05) is 17.2 Å². The summed E-state index contributed by atoms with van der Waals surface area (Å²) < 4.78 is 2.36. The van der Waals surface area contributed by atoms with Gasteiger partial charge in [0, 0.05) is 50.9 Å². The summed E-state index contributed by atoms with van der Waals surface area (Å²) in [4.78, 5) is 5.46. The van der Waals surface area contributed by atoms with E-state index < -0.39 is 0 Å². The lowest BCUT2D eigenvalue weighted by atomic mass is 9.66. The molecule has 0 aliphatic carbocycles. The van der Waals surface area contributed by atoms with E-state index in [1.54, 1.807) is 0 Å². The Kier molecular flexibility index (Phi) is 7.08. The molecule has 0 spiro atoms. The van der Waals surface area contributed by atoms with Gasteiger partial charge in [0.25, 0.3) is 0 Å². The predicted octanol–water partition coefficient (Wildman–Crippen LogP) is 10.3. The number of hydrogen-bond donors (Lipinski definition) is 2. The van der Waals surface area contributed by atoms with Gasteiger partial charge in [-0.2, -0.15) is 0 Å². The van der Waals surface area contributed by atoms with Crippen molar-refractivity contribution in [3.05, 3.63) is 138 Å². The zero-order chi connectivity index (χ0) is 31.2. The fourth-order valence-electron chi connectivity index (χ4n) is 6.59. The van der Waals surface area contributed by atoms with Crippen molar-refractivity contribution >= 4 is 51.2 Å². The molecule has 6 aromatic rings. The topological polar surface area (TPSA) is 41.3 Å². The first-order chi connectivity index (χ1) is 21.8. The number of rotatable bonds is 6. The quantitative estimate of drug-likeness (QED) is 0.190. The van der Waals surface area contributed by atoms with Crippen LogP contribution in [0.25, 0.3) is 39.6 Å². The highest BCUT2D eigenvalue weighted by atomic mass is 15.1. The van der Waals surface area contributed by atoms with Crippen LogP contribution in [0.1, 0.15) is 56.9 Å². The number of aliphatic imine (C=N–C) groups is 1. The number of fused-ring (bicyclic) bond motifs is 4. The summed E-state index contributed by atoms with van der Waals surface area (Å²) in [5, 5.41) is 9.93. The number of nitrogens with zero attached hydrogens (tertiary/aromatic N) is 2. The Balaban J connectivity index is 1.41. The molecule has 224 valence electrons. The summed E-state index contributed by atoms with van der Waals surface area (Å²) in [6.07, 6.45) is 4.44. The average molecular weight is 589 g/mol. The van der Waals surface area contributed by atoms with E-state index in [-0.39, 0.29) is 11.0 Å². The maximum absolute atomic E-state index is 5.46. The standard InChI is InChI=1S/C41H40N4/c1-6-42-35-26-25-34-38(33(35)23-21-28-15-9-7-10-16-28)39(44-41(4,5)40(34,2)3)43-29-22-24-32-31-19-13-14-20-36(31)45(37(32)27-29)30-17-11-8-12-18-30/h7-27,42H,6H2,1-5H3,(H,43,44)/b23-21+. The third-order valence-electron chi connectivity index (χ3n) is 9.64. The van der Waals surface area contributed by atoms with Crippen LogP contribution in [0.3, 0.4) is 0 Å². The lowest BCUT2D eigenvalue weighted by Crippen LogP contribution is -2.47. The van der Waals surface area contributed by atoms with Gasteiger partial charge in [-0.25, -0.2) is 0 Å². The summed E-state index contributed by atoms with van der Waals surface area (Å²) in [6, 6.07) is 41.0. The van der Waals surface area contributed by atoms with E-state index >= 15 is 0 Å². The molecular formula is C41H40N4. The fraction of sp³-hybridized carbons (Fsp3) is 0.195. The molecule has 0 amide bonds. The van der Waals surface area contributed by atoms with E-state index in [0.717, 1.165) is 46.1 Å². The molecular weight excluding hydrogens is 548 g/mol. The Labute approximate surface area is 266 Å². The highest BCUT2D eigenvalue weighted by molar-refractivity contribution is 6.16. The number of para-hydroxylation sites is 2. The second-order valence-corrected chi connectivity index (χ2v) is 12.9. The van der Waals surface area contributed by atoms with Crippen LogP contribution >= 0.6 is 0 Å². The summed E-state index contributed by atoms with van der Waals surface area (Å²) in [6.45, 7) is 12.1. The minimum Gasteiger partial charge on any atom is -0.385 e. The van der Waals surface area contributed by atoms with Gasteiger partial charge < -0.3 is 15.2 Å². The maximum Gasteiger partial charge on any atom is 0.134 e. The molecule has 2 heterocycles. The zero-order valence-electron chi connectivity index (χ0n) is 26.7. The number of benzene rings is 5. The van der Waals surface area contributed by atoms with Crippen LogP contribution < -0.4 is 10.6 Å². The minimum absolute atomic E-state index is 0.183. The molecule has 1 aliphatic rings. The zero-order valence-corrected chi connectivity index (χ0v) is 26.7. The van der Waals surface area contributed by atoms with Crippen LogP contribution in [0.4, 0.5) is 11.4 Å². The van der Waals surface area contributed by atoms with Crippen molar-refractivity contribution in [2.45, 2.75) is 45.6 Å². The molecule has 0 saturated heterocycles. The third kappa shape index (κ3) is 4.91. The Hall–Kier alpha value is -5.09. The molecule has 4 heteroatoms. The number of hydrogen-bond acceptors (Lipinski definition) is 3. The van der Waals surface area contributed by atoms with Gasteiger partial charge >= 0.3 is 0 Å². The minimum atomic E-state index is -0.328. The second kappa shape index (κ2) is 11.1. The van der Waals surface area contributed by atoms with E-state index in [9.17, 15) is 0 Å². The van der Waals surface area contributed by atoms with E-state index in [1.165, 1.54) is 27.4 Å². The SMILES string of the molecule is CCNc1ccc2c(c1/C=C/c1ccccc1)C(Nc1ccc3c4ccccc4n(-c4ccccc4)c3c1)=NC(C)(C)C2(C)C. The van der Waals surface area contributed by atoms with Crippen molar-refractivity contribution in [1.82, 2.24) is 4.57 Å². The normalized spacial score (nSPS) is 15.3. The Morgan fingerprint density at radius 1 is 0.711 bits per heavy atom. The molecule has 0 fully saturated rings. The molecule has 1 aliphatic heterocycles. The first-order valence-corrected chi connectivity index (χ1v) is 15.9. The van der Waals surface area contributed by atoms with Gasteiger partial charge in [-0.15, -0.1) is 0 Å². The first-order valence-electron chi connectivity index (χ1n) is 15.9. The average Bonchev–Trinajstić information content (AvgIpc) is 3.37. The fourth-order valence-corrected chi connectivity index (χ4v) is 6.59. The lowest BCUT2D eigenvalue weighted by Gasteiger charge is -2.45. The second-order valence-electron chi connectivity index (χ2n) is 12.9. The van der Waals surface area contributed by atoms with Gasteiger partial charge in [0.1, 0.15) is 5.84 Å². The van der Waals surface area contributed by atoms with Crippen molar-refractivity contribution in [3.63, 3.8) is 0 Å². The largest absolute Gasteiger partial charge is 0.385 e. The van der Waals surface area contributed by atoms with Crippen LogP contribution in [-0.4, -0.2) is 22.5 Å². The predicted molar refractivity (Wildman–Crippen MR) is 194 cm³/mol. The summed E-state index contributed by atoms with van der Waals surface area (Å²) >= 11 is 0. The number of anilines is 2. The highest BCUT2D eigenvalue weighted by Gasteiger charge is 2.44. The van der Waals surface area contributed by atoms with Crippen molar-refractivity contribution in [2.24, 2.45) is 4.99 Å². The van der Waals surface area contributed by atoms with Gasteiger partial charge in [-0.3, -0.25) is 4.99 Å². The van der Waals surface area contributed by atoms with Crippen LogP contribution in [0.5, 0.6) is 0 Å². The molecule has 0 unspecified atom stereocenters. The molecule has 0 saturated carbocycles. The Bertz CT molecular complexity index is 2080. The molecule has 0 atom stereocenters. The monoisotopic (exact) mass is 588 g/mol. The van der Waals surface area contributed by atoms with E-state index in [0.29, 0.717) is 0 Å². The van der Waals surface area contributed by atoms with E-state index in [2.05, 4.69) is 177 Å². The first kappa shape index (κ1) is 28.7. The summed E-state index contributed by atoms with van der Waals surface area (Å²) in [5.41, 5.74) is 9.86. The molecule has 7 rings (SSSR count). The highest BCUT2D eigenvalue weighted by Crippen LogP contribution is 2.46. The van der Waals surface area contributed by atoms with Crippen molar-refractivity contribution in [3.8, 4) is 5.69 Å². The van der Waals surface area contributed by atoms with Crippen LogP contribution in [0, 0.1) is 0 Å². The van der Waals surface area contributed by atoms with Crippen molar-refractivity contribution < 1.29 is 0 Å². The molecule has 0 radical (unpaired) electrons. The molecule has 0 bridgehead atoms. The molecule has 1 aromatic heterocycles. The van der Waals surface area contributed by atoms with E-state index in [1.807, 2.05) is 0 Å². The summed E-state index contributed by atoms with van der Waals surface area (Å²) in [7, 11) is 0. The maximum atomic E-state index is 5.46. The van der Waals surface area contributed by atoms with Gasteiger partial charge in [-0.1, -0.05) is 105 Å². The van der Waals surface area contributed by atoms with Crippen LogP contribution in [-0.2, 0) is 5.41 Å². The van der Waals surface area contributed by atoms with Crippen LogP contribution in [0.2, 0.25) is 0 Å². The molecule has 45 heavy (non-hydrogen) atoms. The van der Waals surface area contributed by atoms with Gasteiger partial charge in [-0.05, 0) is 68.3 Å². The number of nitrogens with one attached hydrogen (secondary N) is 2. The third-order valence-corrected chi connectivity index (χ3v) is 9.64. The molecule has 2 N–H and O–H groups in total. The lowest BCUT2D eigenvalue weighted by molar-refractivity contribution is 0.303. The van der Waals surface area contributed by atoms with Crippen LogP contribution in [0.15, 0.2) is 120 Å². The Morgan fingerprint density at radius 3 is 2.16 bits per heavy atom. The molecule has 4 nitrogen and oxygen atoms in total. The summed E-state index contributed by atoms with van der Waals surface area (Å²) in [5.74, 6) is 0.892. The van der Waals surface area contributed by atoms with Gasteiger partial charge in [0.2, 0.25) is 0 Å². The number of amidine groups is 1.